The van der Waals surface area contributed by atoms with Crippen molar-refractivity contribution in [3.63, 3.8) is 0 Å². The summed E-state index contributed by atoms with van der Waals surface area (Å²) >= 11 is 0. The van der Waals surface area contributed by atoms with Gasteiger partial charge < -0.3 is 14.4 Å². The number of ether oxygens (including phenoxy) is 2. The highest BCUT2D eigenvalue weighted by Gasteiger charge is 2.61. The summed E-state index contributed by atoms with van der Waals surface area (Å²) < 4.78 is 73.7. The lowest BCUT2D eigenvalue weighted by atomic mass is 10.1. The number of carbonyl (C=O) groups excluding carboxylic acids is 1. The zero-order valence-electron chi connectivity index (χ0n) is 10.7. The third-order valence-corrected chi connectivity index (χ3v) is 2.57. The number of esters is 1. The predicted molar refractivity (Wildman–Crippen MR) is 58.1 cm³/mol. The van der Waals surface area contributed by atoms with Crippen molar-refractivity contribution < 1.29 is 36.2 Å². The third kappa shape index (κ3) is 3.81. The summed E-state index contributed by atoms with van der Waals surface area (Å²) in [6, 6.07) is 0. The van der Waals surface area contributed by atoms with Crippen LogP contribution in [-0.4, -0.2) is 55.9 Å². The number of hydrogen-bond donors (Lipinski definition) is 0. The molecule has 116 valence electrons. The van der Waals surface area contributed by atoms with Gasteiger partial charge >= 0.3 is 18.1 Å². The number of alkyl halides is 5. The molecule has 1 aliphatic rings. The summed E-state index contributed by atoms with van der Waals surface area (Å²) in [6.07, 6.45) is -5.59. The number of allylic oxidation sites excluding steroid dienone is 1. The Morgan fingerprint density at radius 2 is 1.80 bits per heavy atom. The molecule has 1 rings (SSSR count). The molecule has 0 aromatic rings. The SMILES string of the molecule is CCOC(=O)/C=C(/N1CCOCC1)C(F)(F)C(F)(F)F. The fourth-order valence-electron chi connectivity index (χ4n) is 1.63. The van der Waals surface area contributed by atoms with Gasteiger partial charge in [-0.25, -0.2) is 4.79 Å². The molecule has 0 unspecified atom stereocenters. The number of carbonyl (C=O) groups is 1. The fraction of sp³-hybridized carbons (Fsp3) is 0.727. The summed E-state index contributed by atoms with van der Waals surface area (Å²) in [4.78, 5) is 12.0. The Bertz CT molecular complexity index is 375. The van der Waals surface area contributed by atoms with E-state index in [1.54, 1.807) is 0 Å². The third-order valence-electron chi connectivity index (χ3n) is 2.57. The Labute approximate surface area is 112 Å². The number of rotatable bonds is 4. The molecule has 0 amide bonds. The van der Waals surface area contributed by atoms with Gasteiger partial charge in [0.05, 0.1) is 19.8 Å². The van der Waals surface area contributed by atoms with Gasteiger partial charge in [0.15, 0.2) is 0 Å². The van der Waals surface area contributed by atoms with Gasteiger partial charge in [0.1, 0.15) is 5.70 Å². The molecule has 0 N–H and O–H groups in total. The van der Waals surface area contributed by atoms with Gasteiger partial charge in [0, 0.05) is 19.2 Å². The van der Waals surface area contributed by atoms with E-state index in [1.807, 2.05) is 0 Å². The van der Waals surface area contributed by atoms with Crippen LogP contribution >= 0.6 is 0 Å². The van der Waals surface area contributed by atoms with Gasteiger partial charge in [-0.05, 0) is 6.92 Å². The van der Waals surface area contributed by atoms with E-state index in [-0.39, 0.29) is 39.0 Å². The van der Waals surface area contributed by atoms with Crippen LogP contribution in [-0.2, 0) is 14.3 Å². The molecule has 1 saturated heterocycles. The number of hydrogen-bond acceptors (Lipinski definition) is 4. The average Bonchev–Trinajstić information content (AvgIpc) is 2.36. The zero-order valence-corrected chi connectivity index (χ0v) is 10.7. The Hall–Kier alpha value is -1.38. The van der Waals surface area contributed by atoms with Crippen LogP contribution in [0.3, 0.4) is 0 Å². The predicted octanol–water partition coefficient (Wildman–Crippen LogP) is 1.96. The maximum absolute atomic E-state index is 13.5. The summed E-state index contributed by atoms with van der Waals surface area (Å²) in [7, 11) is 0. The van der Waals surface area contributed by atoms with Crippen LogP contribution in [0.1, 0.15) is 6.92 Å². The smallest absolute Gasteiger partial charge is 0.459 e. The van der Waals surface area contributed by atoms with E-state index < -0.39 is 23.8 Å². The van der Waals surface area contributed by atoms with Crippen molar-refractivity contribution in [3.05, 3.63) is 11.8 Å². The second kappa shape index (κ2) is 6.38. The molecule has 0 aliphatic carbocycles. The normalized spacial score (nSPS) is 18.1. The van der Waals surface area contributed by atoms with Gasteiger partial charge in [-0.3, -0.25) is 0 Å². The lowest BCUT2D eigenvalue weighted by molar-refractivity contribution is -0.271. The molecule has 20 heavy (non-hydrogen) atoms. The lowest BCUT2D eigenvalue weighted by Gasteiger charge is -2.35. The van der Waals surface area contributed by atoms with Gasteiger partial charge in [-0.15, -0.1) is 0 Å². The summed E-state index contributed by atoms with van der Waals surface area (Å²) in [5.41, 5.74) is -1.41. The first kappa shape index (κ1) is 16.7. The van der Waals surface area contributed by atoms with Crippen molar-refractivity contribution in [3.8, 4) is 0 Å². The molecular weight excluding hydrogens is 289 g/mol. The molecule has 9 heteroatoms. The molecule has 0 saturated carbocycles. The van der Waals surface area contributed by atoms with Crippen LogP contribution in [0.15, 0.2) is 11.8 Å². The minimum atomic E-state index is -5.79. The molecule has 0 atom stereocenters. The van der Waals surface area contributed by atoms with Crippen LogP contribution in [0.4, 0.5) is 22.0 Å². The minimum Gasteiger partial charge on any atom is -0.463 e. The monoisotopic (exact) mass is 303 g/mol. The number of nitrogens with zero attached hydrogens (tertiary/aromatic N) is 1. The largest absolute Gasteiger partial charge is 0.463 e. The Morgan fingerprint density at radius 1 is 1.25 bits per heavy atom. The molecule has 0 radical (unpaired) electrons. The van der Waals surface area contributed by atoms with Crippen molar-refractivity contribution in [2.24, 2.45) is 0 Å². The topological polar surface area (TPSA) is 38.8 Å². The Morgan fingerprint density at radius 3 is 2.25 bits per heavy atom. The number of morpholine rings is 1. The first-order valence-electron chi connectivity index (χ1n) is 5.86. The molecule has 0 aromatic heterocycles. The van der Waals surface area contributed by atoms with Gasteiger partial charge in [0.25, 0.3) is 0 Å². The molecule has 1 aliphatic heterocycles. The first-order chi connectivity index (χ1) is 9.20. The van der Waals surface area contributed by atoms with E-state index in [0.717, 1.165) is 4.90 Å². The highest BCUT2D eigenvalue weighted by molar-refractivity contribution is 5.83. The molecule has 4 nitrogen and oxygen atoms in total. The van der Waals surface area contributed by atoms with E-state index in [4.69, 9.17) is 4.74 Å². The van der Waals surface area contributed by atoms with E-state index >= 15 is 0 Å². The van der Waals surface area contributed by atoms with Crippen LogP contribution < -0.4 is 0 Å². The molecule has 1 fully saturated rings. The van der Waals surface area contributed by atoms with Crippen LogP contribution in [0, 0.1) is 0 Å². The van der Waals surface area contributed by atoms with Gasteiger partial charge in [-0.1, -0.05) is 0 Å². The standard InChI is InChI=1S/C11H14F5NO3/c1-2-20-9(18)7-8(10(12,13)11(14,15)16)17-3-5-19-6-4-17/h7H,2-6H2,1H3/b8-7+. The Balaban J connectivity index is 3.09. The molecule has 0 bridgehead atoms. The second-order valence-corrected chi connectivity index (χ2v) is 3.95. The van der Waals surface area contributed by atoms with Crippen LogP contribution in [0.2, 0.25) is 0 Å². The molecule has 0 aromatic carbocycles. The van der Waals surface area contributed by atoms with Crippen molar-refractivity contribution in [1.29, 1.82) is 0 Å². The van der Waals surface area contributed by atoms with E-state index in [9.17, 15) is 26.7 Å². The first-order valence-corrected chi connectivity index (χ1v) is 5.86. The van der Waals surface area contributed by atoms with Crippen LogP contribution in [0.25, 0.3) is 0 Å². The average molecular weight is 303 g/mol. The maximum Gasteiger partial charge on any atom is 0.459 e. The summed E-state index contributed by atoms with van der Waals surface area (Å²) in [5.74, 6) is -6.37. The van der Waals surface area contributed by atoms with Crippen molar-refractivity contribution >= 4 is 5.97 Å². The minimum absolute atomic E-state index is 0.00804. The molecular formula is C11H14F5NO3. The lowest BCUT2D eigenvalue weighted by Crippen LogP contribution is -2.48. The van der Waals surface area contributed by atoms with Gasteiger partial charge in [0.2, 0.25) is 0 Å². The summed E-state index contributed by atoms with van der Waals surface area (Å²) in [6.45, 7) is 1.00. The zero-order chi connectivity index (χ0) is 15.4. The highest BCUT2D eigenvalue weighted by Crippen LogP contribution is 2.42. The Kier molecular flexibility index (Phi) is 5.32. The quantitative estimate of drug-likeness (QED) is 0.452. The molecule has 1 heterocycles. The van der Waals surface area contributed by atoms with E-state index in [1.165, 1.54) is 6.92 Å². The van der Waals surface area contributed by atoms with E-state index in [0.29, 0.717) is 0 Å². The summed E-state index contributed by atoms with van der Waals surface area (Å²) in [5, 5.41) is 0. The van der Waals surface area contributed by atoms with Crippen molar-refractivity contribution in [2.45, 2.75) is 19.0 Å². The molecule has 0 spiro atoms. The fourth-order valence-corrected chi connectivity index (χ4v) is 1.63. The van der Waals surface area contributed by atoms with E-state index in [2.05, 4.69) is 4.74 Å². The maximum atomic E-state index is 13.5. The van der Waals surface area contributed by atoms with Crippen LogP contribution in [0.5, 0.6) is 0 Å². The number of halogens is 5. The van der Waals surface area contributed by atoms with Crippen molar-refractivity contribution in [2.75, 3.05) is 32.9 Å². The van der Waals surface area contributed by atoms with Gasteiger partial charge in [-0.2, -0.15) is 22.0 Å². The highest BCUT2D eigenvalue weighted by atomic mass is 19.4. The second-order valence-electron chi connectivity index (χ2n) is 3.95. The van der Waals surface area contributed by atoms with Crippen molar-refractivity contribution in [1.82, 2.24) is 4.90 Å².